The Kier molecular flexibility index (Phi) is 4.42. The molecule has 2 unspecified atom stereocenters. The number of hydrogen-bond donors (Lipinski definition) is 4. The van der Waals surface area contributed by atoms with Gasteiger partial charge in [-0.1, -0.05) is 0 Å². The van der Waals surface area contributed by atoms with Crippen molar-refractivity contribution in [2.45, 2.75) is 12.2 Å². The second kappa shape index (κ2) is 4.51. The normalized spacial score (nSPS) is 17.7. The number of aliphatic hydroxyl groups is 2. The van der Waals surface area contributed by atoms with Crippen LogP contribution in [0.4, 0.5) is 0 Å². The van der Waals surface area contributed by atoms with E-state index >= 15 is 0 Å². The number of rotatable bonds is 5. The van der Waals surface area contributed by atoms with Gasteiger partial charge in [0.2, 0.25) is 0 Å². The molecule has 0 amide bonds. The van der Waals surface area contributed by atoms with Crippen molar-refractivity contribution in [3.8, 4) is 0 Å². The van der Waals surface area contributed by atoms with Gasteiger partial charge in [0, 0.05) is 0 Å². The first kappa shape index (κ1) is 13.7. The zero-order chi connectivity index (χ0) is 11.6. The summed E-state index contributed by atoms with van der Waals surface area (Å²) in [5.74, 6) is -2.41. The molecule has 14 heavy (non-hydrogen) atoms. The van der Waals surface area contributed by atoms with Gasteiger partial charge >= 0.3 is 0 Å². The Bertz CT molecular complexity index is 328. The molecule has 0 aliphatic rings. The van der Waals surface area contributed by atoms with Crippen molar-refractivity contribution in [2.75, 3.05) is 11.5 Å². The van der Waals surface area contributed by atoms with E-state index in [0.717, 1.165) is 0 Å². The van der Waals surface area contributed by atoms with Crippen molar-refractivity contribution < 1.29 is 36.2 Å². The van der Waals surface area contributed by atoms with E-state index in [1.165, 1.54) is 0 Å². The lowest BCUT2D eigenvalue weighted by molar-refractivity contribution is 0.0459. The Morgan fingerprint density at radius 2 is 1.00 bits per heavy atom. The molecule has 10 heteroatoms. The molecule has 0 aromatic heterocycles. The van der Waals surface area contributed by atoms with Crippen molar-refractivity contribution in [1.82, 2.24) is 0 Å². The van der Waals surface area contributed by atoms with Crippen molar-refractivity contribution >= 4 is 20.2 Å². The lowest BCUT2D eigenvalue weighted by atomic mass is 10.3. The van der Waals surface area contributed by atoms with Crippen LogP contribution in [0.5, 0.6) is 0 Å². The predicted octanol–water partition coefficient (Wildman–Crippen LogP) is -2.52. The Morgan fingerprint density at radius 3 is 1.14 bits per heavy atom. The van der Waals surface area contributed by atoms with Crippen molar-refractivity contribution in [3.05, 3.63) is 0 Å². The van der Waals surface area contributed by atoms with Gasteiger partial charge in [0.1, 0.15) is 11.5 Å². The predicted molar refractivity (Wildman–Crippen MR) is 44.8 cm³/mol. The first-order valence-corrected chi connectivity index (χ1v) is 6.49. The second-order valence-corrected chi connectivity index (χ2v) is 5.63. The van der Waals surface area contributed by atoms with Crippen LogP contribution in [0, 0.1) is 0 Å². The molecule has 0 aromatic rings. The van der Waals surface area contributed by atoms with Gasteiger partial charge in [-0.25, -0.2) is 0 Å². The minimum atomic E-state index is -4.51. The van der Waals surface area contributed by atoms with E-state index < -0.39 is 43.9 Å². The monoisotopic (exact) mass is 250 g/mol. The first-order valence-electron chi connectivity index (χ1n) is 3.28. The zero-order valence-electron chi connectivity index (χ0n) is 6.81. The van der Waals surface area contributed by atoms with E-state index in [4.69, 9.17) is 19.3 Å². The summed E-state index contributed by atoms with van der Waals surface area (Å²) in [7, 11) is -9.02. The first-order chi connectivity index (χ1) is 6.01. The van der Waals surface area contributed by atoms with Crippen LogP contribution in [0.1, 0.15) is 0 Å². The molecule has 0 bridgehead atoms. The third-order valence-corrected chi connectivity index (χ3v) is 2.73. The molecular formula is C4H10O8S2. The van der Waals surface area contributed by atoms with Crippen molar-refractivity contribution in [2.24, 2.45) is 0 Å². The molecule has 0 radical (unpaired) electrons. The maximum absolute atomic E-state index is 10.2. The fourth-order valence-electron chi connectivity index (χ4n) is 0.654. The van der Waals surface area contributed by atoms with E-state index in [2.05, 4.69) is 0 Å². The van der Waals surface area contributed by atoms with Crippen LogP contribution >= 0.6 is 0 Å². The van der Waals surface area contributed by atoms with Gasteiger partial charge in [0.05, 0.1) is 12.2 Å². The molecular weight excluding hydrogens is 240 g/mol. The smallest absolute Gasteiger partial charge is 0.267 e. The number of hydrogen-bond acceptors (Lipinski definition) is 6. The summed E-state index contributed by atoms with van der Waals surface area (Å²) in [5.41, 5.74) is 0. The summed E-state index contributed by atoms with van der Waals surface area (Å²) < 4.78 is 57.2. The van der Waals surface area contributed by atoms with Crippen LogP contribution in [0.3, 0.4) is 0 Å². The molecule has 0 aliphatic heterocycles. The molecule has 0 aromatic carbocycles. The van der Waals surface area contributed by atoms with Gasteiger partial charge < -0.3 is 10.2 Å². The molecule has 8 nitrogen and oxygen atoms in total. The average Bonchev–Trinajstić information content (AvgIpc) is 1.78. The molecule has 0 fully saturated rings. The molecule has 0 aliphatic carbocycles. The van der Waals surface area contributed by atoms with Crippen LogP contribution in [0.25, 0.3) is 0 Å². The maximum Gasteiger partial charge on any atom is 0.267 e. The fourth-order valence-corrected chi connectivity index (χ4v) is 1.96. The van der Waals surface area contributed by atoms with E-state index in [1.807, 2.05) is 0 Å². The molecule has 0 saturated carbocycles. The molecule has 2 atom stereocenters. The maximum atomic E-state index is 10.2. The largest absolute Gasteiger partial charge is 0.389 e. The summed E-state index contributed by atoms with van der Waals surface area (Å²) in [5, 5.41) is 17.7. The molecule has 0 saturated heterocycles. The van der Waals surface area contributed by atoms with Gasteiger partial charge in [-0.05, 0) is 0 Å². The molecule has 0 heterocycles. The summed E-state index contributed by atoms with van der Waals surface area (Å²) in [6.45, 7) is 0. The lowest BCUT2D eigenvalue weighted by Gasteiger charge is -2.14. The lowest BCUT2D eigenvalue weighted by Crippen LogP contribution is -2.37. The SMILES string of the molecule is O=S(=O)(O)CC(O)C(O)CS(=O)(=O)O. The summed E-state index contributed by atoms with van der Waals surface area (Å²) in [6.07, 6.45) is -3.96. The Labute approximate surface area is 80.7 Å². The van der Waals surface area contributed by atoms with Crippen LogP contribution in [-0.2, 0) is 20.2 Å². The van der Waals surface area contributed by atoms with Gasteiger partial charge in [-0.3, -0.25) is 9.11 Å². The van der Waals surface area contributed by atoms with E-state index in [1.54, 1.807) is 0 Å². The average molecular weight is 250 g/mol. The molecule has 86 valence electrons. The van der Waals surface area contributed by atoms with Gasteiger partial charge in [-0.2, -0.15) is 16.8 Å². The summed E-state index contributed by atoms with van der Waals surface area (Å²) >= 11 is 0. The second-order valence-electron chi connectivity index (χ2n) is 2.63. The molecule has 4 N–H and O–H groups in total. The standard InChI is InChI=1S/C4H10O8S2/c5-3(1-13(7,8)9)4(6)2-14(10,11)12/h3-6H,1-2H2,(H,7,8,9)(H,10,11,12). The van der Waals surface area contributed by atoms with Gasteiger partial charge in [0.25, 0.3) is 20.2 Å². The van der Waals surface area contributed by atoms with Gasteiger partial charge in [0.15, 0.2) is 0 Å². The van der Waals surface area contributed by atoms with Crippen molar-refractivity contribution in [3.63, 3.8) is 0 Å². The topological polar surface area (TPSA) is 149 Å². The van der Waals surface area contributed by atoms with Gasteiger partial charge in [-0.15, -0.1) is 0 Å². The molecule has 0 rings (SSSR count). The number of aliphatic hydroxyl groups excluding tert-OH is 2. The Hall–Kier alpha value is -0.260. The van der Waals surface area contributed by atoms with Crippen LogP contribution in [0.15, 0.2) is 0 Å². The zero-order valence-corrected chi connectivity index (χ0v) is 8.44. The highest BCUT2D eigenvalue weighted by molar-refractivity contribution is 7.86. The summed E-state index contributed by atoms with van der Waals surface area (Å²) in [6, 6.07) is 0. The quantitative estimate of drug-likeness (QED) is 0.390. The Morgan fingerprint density at radius 1 is 0.786 bits per heavy atom. The minimum absolute atomic E-state index is 1.20. The fraction of sp³-hybridized carbons (Fsp3) is 1.00. The third-order valence-electron chi connectivity index (χ3n) is 1.21. The highest BCUT2D eigenvalue weighted by Crippen LogP contribution is 2.00. The van der Waals surface area contributed by atoms with E-state index in [0.29, 0.717) is 0 Å². The Balaban J connectivity index is 4.35. The van der Waals surface area contributed by atoms with Crippen LogP contribution in [0.2, 0.25) is 0 Å². The van der Waals surface area contributed by atoms with Crippen LogP contribution in [-0.4, -0.2) is 59.9 Å². The highest BCUT2D eigenvalue weighted by atomic mass is 32.2. The highest BCUT2D eigenvalue weighted by Gasteiger charge is 2.26. The summed E-state index contributed by atoms with van der Waals surface area (Å²) in [4.78, 5) is 0. The van der Waals surface area contributed by atoms with E-state index in [-0.39, 0.29) is 0 Å². The van der Waals surface area contributed by atoms with Crippen LogP contribution < -0.4 is 0 Å². The van der Waals surface area contributed by atoms with Crippen molar-refractivity contribution in [1.29, 1.82) is 0 Å². The molecule has 0 spiro atoms. The van der Waals surface area contributed by atoms with E-state index in [9.17, 15) is 16.8 Å². The third kappa shape index (κ3) is 7.17. The minimum Gasteiger partial charge on any atom is -0.389 e.